The number of nitrogens with zero attached hydrogens (tertiary/aromatic N) is 2. The first-order valence-corrected chi connectivity index (χ1v) is 12.2. The Morgan fingerprint density at radius 3 is 2.38 bits per heavy atom. The van der Waals surface area contributed by atoms with Crippen molar-refractivity contribution in [3.8, 4) is 11.1 Å². The van der Waals surface area contributed by atoms with Gasteiger partial charge in [0.05, 0.1) is 13.2 Å². The molecule has 0 spiro atoms. The van der Waals surface area contributed by atoms with Crippen LogP contribution in [0.4, 0.5) is 9.93 Å². The summed E-state index contributed by atoms with van der Waals surface area (Å²) < 4.78 is 22.2. The van der Waals surface area contributed by atoms with E-state index >= 15 is 0 Å². The van der Waals surface area contributed by atoms with Crippen LogP contribution in [0, 0.1) is 0 Å². The van der Waals surface area contributed by atoms with Gasteiger partial charge >= 0.3 is 19.4 Å². The summed E-state index contributed by atoms with van der Waals surface area (Å²) in [6.45, 7) is 0.0894. The Kier molecular flexibility index (Phi) is 6.54. The first-order valence-electron chi connectivity index (χ1n) is 9.64. The van der Waals surface area contributed by atoms with Gasteiger partial charge in [-0.2, -0.15) is 4.98 Å². The minimum atomic E-state index is -4.27. The van der Waals surface area contributed by atoms with Gasteiger partial charge in [0.1, 0.15) is 13.0 Å². The number of hydrogen-bond donors (Lipinski definition) is 3. The minimum absolute atomic E-state index is 0.0445. The Bertz CT molecular complexity index is 1190. The van der Waals surface area contributed by atoms with E-state index < -0.39 is 25.7 Å². The van der Waals surface area contributed by atoms with Crippen molar-refractivity contribution in [3.63, 3.8) is 0 Å². The predicted octanol–water partition coefficient (Wildman–Crippen LogP) is 2.82. The Balaban J connectivity index is 1.34. The number of hydrogen-bond acceptors (Lipinski definition) is 7. The maximum absolute atomic E-state index is 12.3. The number of rotatable bonds is 8. The first-order chi connectivity index (χ1) is 15.3. The largest absolute Gasteiger partial charge is 0.448 e. The van der Waals surface area contributed by atoms with Gasteiger partial charge in [-0.3, -0.25) is 9.88 Å². The molecule has 0 unspecified atom stereocenters. The van der Waals surface area contributed by atoms with Crippen LogP contribution in [0.5, 0.6) is 0 Å². The van der Waals surface area contributed by atoms with Crippen LogP contribution in [-0.2, 0) is 20.6 Å². The number of nitrogens with one attached hydrogen (secondary N) is 1. The summed E-state index contributed by atoms with van der Waals surface area (Å²) in [5, 5.41) is 2.51. The van der Waals surface area contributed by atoms with Crippen LogP contribution >= 0.6 is 19.1 Å². The van der Waals surface area contributed by atoms with Gasteiger partial charge in [0.15, 0.2) is 0 Å². The number of fused-ring (bicyclic) bond motifs is 3. The molecule has 0 saturated carbocycles. The molecule has 0 radical (unpaired) electrons. The van der Waals surface area contributed by atoms with E-state index in [9.17, 15) is 14.2 Å². The van der Waals surface area contributed by atoms with E-state index in [1.165, 1.54) is 3.96 Å². The van der Waals surface area contributed by atoms with E-state index in [0.717, 1.165) is 33.8 Å². The number of aromatic nitrogens is 2. The second-order valence-corrected chi connectivity index (χ2v) is 9.64. The van der Waals surface area contributed by atoms with Gasteiger partial charge in [-0.15, -0.1) is 0 Å². The molecule has 32 heavy (non-hydrogen) atoms. The Hall–Kier alpha value is -2.82. The Labute approximate surface area is 186 Å². The summed E-state index contributed by atoms with van der Waals surface area (Å²) >= 11 is 0.888. The molecule has 0 saturated heterocycles. The molecule has 0 bridgehead atoms. The average molecular weight is 477 g/mol. The highest BCUT2D eigenvalue weighted by Crippen LogP contribution is 2.44. The fourth-order valence-corrected chi connectivity index (χ4v) is 4.66. The highest BCUT2D eigenvalue weighted by Gasteiger charge is 2.29. The third kappa shape index (κ3) is 5.14. The van der Waals surface area contributed by atoms with Crippen molar-refractivity contribution in [1.82, 2.24) is 8.94 Å². The molecule has 1 aromatic heterocycles. The Morgan fingerprint density at radius 2 is 1.75 bits per heavy atom. The van der Waals surface area contributed by atoms with Crippen LogP contribution in [0.15, 0.2) is 53.3 Å². The van der Waals surface area contributed by atoms with Crippen molar-refractivity contribution < 1.29 is 28.6 Å². The molecule has 2 aromatic carbocycles. The fourth-order valence-electron chi connectivity index (χ4n) is 3.55. The van der Waals surface area contributed by atoms with Gasteiger partial charge < -0.3 is 19.3 Å². The second kappa shape index (κ2) is 9.35. The van der Waals surface area contributed by atoms with E-state index in [2.05, 4.69) is 10.3 Å². The molecule has 10 nitrogen and oxygen atoms in total. The van der Waals surface area contributed by atoms with Crippen LogP contribution in [0.3, 0.4) is 0 Å². The quantitative estimate of drug-likeness (QED) is 0.332. The smallest absolute Gasteiger partial charge is 0.413 e. The lowest BCUT2D eigenvalue weighted by Gasteiger charge is -2.14. The molecule has 1 aliphatic carbocycles. The monoisotopic (exact) mass is 477 g/mol. The molecule has 3 aromatic rings. The lowest BCUT2D eigenvalue weighted by molar-refractivity contribution is 0.150. The predicted molar refractivity (Wildman–Crippen MR) is 118 cm³/mol. The summed E-state index contributed by atoms with van der Waals surface area (Å²) in [6, 6.07) is 16.0. The molecule has 1 amide bonds. The third-order valence-electron chi connectivity index (χ3n) is 4.86. The molecule has 4 rings (SSSR count). The molecular formula is C20H20N3O7PS. The standard InChI is InChI=1S/C20H20N3O7PS/c24-19-21-18(32-23(19)9-10-29-12-31(26,27)28)22-20(25)30-11-17-15-7-3-1-5-13(15)14-6-2-4-8-16(14)17/h1-8,17H,9-12H2,(H2,26,27,28)(H,21,22,24,25). The van der Waals surface area contributed by atoms with E-state index in [0.29, 0.717) is 0 Å². The van der Waals surface area contributed by atoms with Crippen molar-refractivity contribution in [3.05, 3.63) is 70.1 Å². The normalized spacial score (nSPS) is 12.9. The van der Waals surface area contributed by atoms with Crippen molar-refractivity contribution in [2.24, 2.45) is 0 Å². The zero-order valence-corrected chi connectivity index (χ0v) is 18.4. The summed E-state index contributed by atoms with van der Waals surface area (Å²) in [4.78, 5) is 45.5. The van der Waals surface area contributed by atoms with Crippen LogP contribution in [0.25, 0.3) is 11.1 Å². The SMILES string of the molecule is O=C(Nc1nc(=O)n(CCOCP(=O)(O)O)s1)OCC1c2ccccc2-c2ccccc21. The molecule has 12 heteroatoms. The number of carbonyl (C=O) groups excluding carboxylic acids is 1. The van der Waals surface area contributed by atoms with E-state index in [1.807, 2.05) is 48.5 Å². The van der Waals surface area contributed by atoms with Gasteiger partial charge in [-0.05, 0) is 33.8 Å². The molecule has 0 fully saturated rings. The van der Waals surface area contributed by atoms with Gasteiger partial charge in [-0.1, -0.05) is 48.5 Å². The van der Waals surface area contributed by atoms with Gasteiger partial charge in [-0.25, -0.2) is 13.5 Å². The molecule has 0 aliphatic heterocycles. The van der Waals surface area contributed by atoms with Crippen LogP contribution in [-0.4, -0.2) is 44.4 Å². The number of anilines is 1. The molecule has 168 valence electrons. The molecule has 1 heterocycles. The molecular weight excluding hydrogens is 457 g/mol. The van der Waals surface area contributed by atoms with E-state index in [1.54, 1.807) is 0 Å². The van der Waals surface area contributed by atoms with Crippen molar-refractivity contribution >= 4 is 30.4 Å². The van der Waals surface area contributed by atoms with Gasteiger partial charge in [0, 0.05) is 5.92 Å². The minimum Gasteiger partial charge on any atom is -0.448 e. The number of amides is 1. The Morgan fingerprint density at radius 1 is 1.12 bits per heavy atom. The van der Waals surface area contributed by atoms with E-state index in [-0.39, 0.29) is 30.8 Å². The summed E-state index contributed by atoms with van der Waals surface area (Å²) in [6.07, 6.45) is -1.46. The van der Waals surface area contributed by atoms with Gasteiger partial charge in [0.2, 0.25) is 5.13 Å². The third-order valence-corrected chi connectivity index (χ3v) is 6.30. The highest BCUT2D eigenvalue weighted by molar-refractivity contribution is 7.51. The number of carbonyl (C=O) groups is 1. The van der Waals surface area contributed by atoms with Crippen LogP contribution in [0.1, 0.15) is 17.0 Å². The summed E-state index contributed by atoms with van der Waals surface area (Å²) in [5.74, 6) is -0.0874. The van der Waals surface area contributed by atoms with Crippen molar-refractivity contribution in [2.75, 3.05) is 24.9 Å². The zero-order chi connectivity index (χ0) is 22.7. The molecule has 0 atom stereocenters. The topological polar surface area (TPSA) is 140 Å². The molecule has 1 aliphatic rings. The summed E-state index contributed by atoms with van der Waals surface area (Å²) in [7, 11) is -4.27. The fraction of sp³-hybridized carbons (Fsp3) is 0.250. The summed E-state index contributed by atoms with van der Waals surface area (Å²) in [5.41, 5.74) is 3.81. The van der Waals surface area contributed by atoms with Crippen LogP contribution in [0.2, 0.25) is 0 Å². The lowest BCUT2D eigenvalue weighted by atomic mass is 9.98. The maximum atomic E-state index is 12.3. The zero-order valence-electron chi connectivity index (χ0n) is 16.7. The number of ether oxygens (including phenoxy) is 2. The van der Waals surface area contributed by atoms with Crippen LogP contribution < -0.4 is 11.0 Å². The lowest BCUT2D eigenvalue weighted by Crippen LogP contribution is -2.19. The van der Waals surface area contributed by atoms with Crippen molar-refractivity contribution in [1.29, 1.82) is 0 Å². The number of benzene rings is 2. The van der Waals surface area contributed by atoms with Gasteiger partial charge in [0.25, 0.3) is 0 Å². The molecule has 3 N–H and O–H groups in total. The second-order valence-electron chi connectivity index (χ2n) is 7.05. The first kappa shape index (κ1) is 22.4. The maximum Gasteiger partial charge on any atom is 0.413 e. The highest BCUT2D eigenvalue weighted by atomic mass is 32.1. The average Bonchev–Trinajstić information content (AvgIpc) is 3.26. The van der Waals surface area contributed by atoms with E-state index in [4.69, 9.17) is 19.3 Å². The van der Waals surface area contributed by atoms with Crippen molar-refractivity contribution in [2.45, 2.75) is 12.5 Å².